The molecule has 0 radical (unpaired) electrons. The number of rotatable bonds is 4. The standard InChI is InChI=1S/C18H18N2OS/c1-13-7-8-17-19-16(9-18(21)20(17)10-13)12-22-11-15-6-4-3-5-14(15)2/h3-10H,11-12H2,1-2H3. The van der Waals surface area contributed by atoms with E-state index in [1.54, 1.807) is 22.2 Å². The zero-order valence-corrected chi connectivity index (χ0v) is 13.6. The number of fused-ring (bicyclic) bond motifs is 1. The smallest absolute Gasteiger partial charge is 0.258 e. The molecule has 4 heteroatoms. The van der Waals surface area contributed by atoms with E-state index >= 15 is 0 Å². The number of pyridine rings is 1. The third-order valence-electron chi connectivity index (χ3n) is 3.63. The third kappa shape index (κ3) is 3.22. The second-order valence-electron chi connectivity index (χ2n) is 5.44. The maximum absolute atomic E-state index is 12.2. The lowest BCUT2D eigenvalue weighted by Crippen LogP contribution is -2.15. The van der Waals surface area contributed by atoms with Crippen molar-refractivity contribution < 1.29 is 0 Å². The summed E-state index contributed by atoms with van der Waals surface area (Å²) in [6.07, 6.45) is 1.83. The Morgan fingerprint density at radius 2 is 1.91 bits per heavy atom. The van der Waals surface area contributed by atoms with Gasteiger partial charge < -0.3 is 0 Å². The van der Waals surface area contributed by atoms with E-state index in [9.17, 15) is 4.79 Å². The topological polar surface area (TPSA) is 34.4 Å². The molecule has 0 aliphatic heterocycles. The Labute approximate surface area is 134 Å². The van der Waals surface area contributed by atoms with Crippen molar-refractivity contribution >= 4 is 17.4 Å². The first-order chi connectivity index (χ1) is 10.6. The lowest BCUT2D eigenvalue weighted by Gasteiger charge is -2.06. The number of hydrogen-bond donors (Lipinski definition) is 0. The van der Waals surface area contributed by atoms with Crippen LogP contribution in [0.1, 0.15) is 22.4 Å². The van der Waals surface area contributed by atoms with Crippen LogP contribution >= 0.6 is 11.8 Å². The average molecular weight is 310 g/mol. The van der Waals surface area contributed by atoms with Gasteiger partial charge in [0, 0.05) is 23.8 Å². The quantitative estimate of drug-likeness (QED) is 0.736. The number of aromatic nitrogens is 2. The number of nitrogens with zero attached hydrogens (tertiary/aromatic N) is 2. The van der Waals surface area contributed by atoms with E-state index in [2.05, 4.69) is 36.2 Å². The van der Waals surface area contributed by atoms with E-state index in [0.29, 0.717) is 5.65 Å². The highest BCUT2D eigenvalue weighted by Gasteiger charge is 2.04. The summed E-state index contributed by atoms with van der Waals surface area (Å²) in [7, 11) is 0. The lowest BCUT2D eigenvalue weighted by molar-refractivity contribution is 1.00. The monoisotopic (exact) mass is 310 g/mol. The summed E-state index contributed by atoms with van der Waals surface area (Å²) in [5.74, 6) is 1.68. The Morgan fingerprint density at radius 3 is 2.73 bits per heavy atom. The predicted octanol–water partition coefficient (Wildman–Crippen LogP) is 3.74. The van der Waals surface area contributed by atoms with Gasteiger partial charge in [-0.25, -0.2) is 4.98 Å². The van der Waals surface area contributed by atoms with E-state index in [1.165, 1.54) is 11.1 Å². The molecule has 0 fully saturated rings. The maximum Gasteiger partial charge on any atom is 0.258 e. The van der Waals surface area contributed by atoms with Crippen LogP contribution in [0.2, 0.25) is 0 Å². The minimum absolute atomic E-state index is 0.0137. The number of thioether (sulfide) groups is 1. The highest BCUT2D eigenvalue weighted by Crippen LogP contribution is 2.19. The van der Waals surface area contributed by atoms with Crippen LogP contribution in [0.4, 0.5) is 0 Å². The van der Waals surface area contributed by atoms with Crippen LogP contribution in [0, 0.1) is 13.8 Å². The van der Waals surface area contributed by atoms with E-state index in [1.807, 2.05) is 25.3 Å². The molecular weight excluding hydrogens is 292 g/mol. The molecule has 112 valence electrons. The summed E-state index contributed by atoms with van der Waals surface area (Å²) >= 11 is 1.78. The molecule has 0 saturated heterocycles. The van der Waals surface area contributed by atoms with Crippen molar-refractivity contribution in [3.63, 3.8) is 0 Å². The molecular formula is C18H18N2OS. The fourth-order valence-corrected chi connectivity index (χ4v) is 3.37. The second-order valence-corrected chi connectivity index (χ2v) is 6.43. The lowest BCUT2D eigenvalue weighted by atomic mass is 10.1. The molecule has 3 rings (SSSR count). The largest absolute Gasteiger partial charge is 0.269 e. The highest BCUT2D eigenvalue weighted by atomic mass is 32.2. The summed E-state index contributed by atoms with van der Waals surface area (Å²) in [4.78, 5) is 16.7. The Hall–Kier alpha value is -2.07. The summed E-state index contributed by atoms with van der Waals surface area (Å²) in [6, 6.07) is 13.9. The van der Waals surface area contributed by atoms with Crippen LogP contribution < -0.4 is 5.56 Å². The molecule has 0 aliphatic rings. The maximum atomic E-state index is 12.2. The van der Waals surface area contributed by atoms with Gasteiger partial charge in [-0.3, -0.25) is 9.20 Å². The molecule has 0 saturated carbocycles. The molecule has 0 atom stereocenters. The highest BCUT2D eigenvalue weighted by molar-refractivity contribution is 7.97. The van der Waals surface area contributed by atoms with Gasteiger partial charge in [0.1, 0.15) is 5.65 Å². The first-order valence-corrected chi connectivity index (χ1v) is 8.40. The van der Waals surface area contributed by atoms with Gasteiger partial charge in [0.05, 0.1) is 5.69 Å². The van der Waals surface area contributed by atoms with Gasteiger partial charge in [-0.05, 0) is 36.6 Å². The van der Waals surface area contributed by atoms with Crippen LogP contribution in [0.5, 0.6) is 0 Å². The van der Waals surface area contributed by atoms with Crippen LogP contribution in [-0.2, 0) is 11.5 Å². The van der Waals surface area contributed by atoms with Crippen LogP contribution in [0.15, 0.2) is 53.5 Å². The molecule has 0 N–H and O–H groups in total. The summed E-state index contributed by atoms with van der Waals surface area (Å²) in [5, 5.41) is 0. The average Bonchev–Trinajstić information content (AvgIpc) is 2.50. The summed E-state index contributed by atoms with van der Waals surface area (Å²) in [5.41, 5.74) is 5.23. The van der Waals surface area contributed by atoms with Crippen molar-refractivity contribution in [2.24, 2.45) is 0 Å². The molecule has 1 aromatic carbocycles. The normalized spacial score (nSPS) is 11.0. The SMILES string of the molecule is Cc1ccc2nc(CSCc3ccccc3C)cc(=O)n2c1. The molecule has 3 nitrogen and oxygen atoms in total. The minimum atomic E-state index is -0.0137. The minimum Gasteiger partial charge on any atom is -0.269 e. The number of hydrogen-bond acceptors (Lipinski definition) is 3. The van der Waals surface area contributed by atoms with Gasteiger partial charge in [0.15, 0.2) is 0 Å². The third-order valence-corrected chi connectivity index (χ3v) is 4.64. The zero-order chi connectivity index (χ0) is 15.5. The first-order valence-electron chi connectivity index (χ1n) is 7.25. The fourth-order valence-electron chi connectivity index (χ4n) is 2.37. The molecule has 2 aromatic heterocycles. The van der Waals surface area contributed by atoms with Crippen molar-refractivity contribution in [3.05, 3.63) is 81.4 Å². The van der Waals surface area contributed by atoms with Gasteiger partial charge in [-0.1, -0.05) is 30.3 Å². The van der Waals surface area contributed by atoms with Crippen LogP contribution in [-0.4, -0.2) is 9.38 Å². The summed E-state index contributed by atoms with van der Waals surface area (Å²) in [6.45, 7) is 4.09. The van der Waals surface area contributed by atoms with E-state index in [0.717, 1.165) is 22.8 Å². The number of aryl methyl sites for hydroxylation is 2. The fraction of sp³-hybridized carbons (Fsp3) is 0.222. The Kier molecular flexibility index (Phi) is 4.29. The van der Waals surface area contributed by atoms with Gasteiger partial charge >= 0.3 is 0 Å². The Bertz CT molecular complexity index is 870. The van der Waals surface area contributed by atoms with E-state index < -0.39 is 0 Å². The van der Waals surface area contributed by atoms with E-state index in [4.69, 9.17) is 0 Å². The Balaban J connectivity index is 1.76. The Morgan fingerprint density at radius 1 is 1.09 bits per heavy atom. The van der Waals surface area contributed by atoms with Crippen LogP contribution in [0.25, 0.3) is 5.65 Å². The molecule has 0 amide bonds. The van der Waals surface area contributed by atoms with Crippen molar-refractivity contribution in [1.29, 1.82) is 0 Å². The van der Waals surface area contributed by atoms with Gasteiger partial charge in [-0.2, -0.15) is 11.8 Å². The van der Waals surface area contributed by atoms with Crippen LogP contribution in [0.3, 0.4) is 0 Å². The predicted molar refractivity (Wildman–Crippen MR) is 92.4 cm³/mol. The molecule has 0 aliphatic carbocycles. The van der Waals surface area contributed by atoms with Crippen molar-refractivity contribution in [1.82, 2.24) is 9.38 Å². The number of benzene rings is 1. The van der Waals surface area contributed by atoms with Crippen molar-refractivity contribution in [2.45, 2.75) is 25.4 Å². The molecule has 0 bridgehead atoms. The van der Waals surface area contributed by atoms with Crippen molar-refractivity contribution in [3.8, 4) is 0 Å². The summed E-state index contributed by atoms with van der Waals surface area (Å²) < 4.78 is 1.60. The zero-order valence-electron chi connectivity index (χ0n) is 12.7. The van der Waals surface area contributed by atoms with Gasteiger partial charge in [0.25, 0.3) is 5.56 Å². The van der Waals surface area contributed by atoms with Gasteiger partial charge in [-0.15, -0.1) is 0 Å². The second kappa shape index (κ2) is 6.36. The molecule has 22 heavy (non-hydrogen) atoms. The van der Waals surface area contributed by atoms with Gasteiger partial charge in [0.2, 0.25) is 0 Å². The van der Waals surface area contributed by atoms with E-state index in [-0.39, 0.29) is 5.56 Å². The molecule has 0 spiro atoms. The molecule has 0 unspecified atom stereocenters. The first kappa shape index (κ1) is 14.9. The van der Waals surface area contributed by atoms with Crippen molar-refractivity contribution in [2.75, 3.05) is 0 Å². The molecule has 2 heterocycles. The molecule has 3 aromatic rings.